The molecular formula is C17H17ClN2O6S. The van der Waals surface area contributed by atoms with Crippen LogP contribution < -0.4 is 23.8 Å². The van der Waals surface area contributed by atoms with Crippen LogP contribution in [0.25, 0.3) is 0 Å². The standard InChI is InChI=1S/C17H17ClN2O6S/c1-24-14-5-3-11(18)7-13(14)19-17(21)9-20(27(2,22)23)12-4-6-15-16(8-12)26-10-25-15/h3-8H,9-10H2,1-2H3,(H,19,21). The minimum absolute atomic E-state index is 0.0622. The molecule has 2 aromatic rings. The smallest absolute Gasteiger partial charge is 0.245 e. The van der Waals surface area contributed by atoms with Crippen LogP contribution in [0.3, 0.4) is 0 Å². The number of benzene rings is 2. The quantitative estimate of drug-likeness (QED) is 0.783. The average molecular weight is 413 g/mol. The van der Waals surface area contributed by atoms with Gasteiger partial charge in [0.05, 0.1) is 24.7 Å². The number of methoxy groups -OCH3 is 1. The fourth-order valence-electron chi connectivity index (χ4n) is 2.54. The van der Waals surface area contributed by atoms with Gasteiger partial charge in [-0.15, -0.1) is 0 Å². The van der Waals surface area contributed by atoms with E-state index in [0.717, 1.165) is 10.6 Å². The first kappa shape index (κ1) is 19.1. The summed E-state index contributed by atoms with van der Waals surface area (Å²) < 4.78 is 41.1. The summed E-state index contributed by atoms with van der Waals surface area (Å²) in [4.78, 5) is 12.5. The highest BCUT2D eigenvalue weighted by atomic mass is 35.5. The molecule has 27 heavy (non-hydrogen) atoms. The van der Waals surface area contributed by atoms with Crippen LogP contribution in [0.15, 0.2) is 36.4 Å². The van der Waals surface area contributed by atoms with Crippen LogP contribution >= 0.6 is 11.6 Å². The molecule has 0 unspecified atom stereocenters. The summed E-state index contributed by atoms with van der Waals surface area (Å²) in [7, 11) is -2.28. The molecule has 1 heterocycles. The molecular weight excluding hydrogens is 396 g/mol. The number of hydrogen-bond acceptors (Lipinski definition) is 6. The molecule has 0 saturated heterocycles. The van der Waals surface area contributed by atoms with Gasteiger partial charge in [0.2, 0.25) is 22.7 Å². The summed E-state index contributed by atoms with van der Waals surface area (Å²) >= 11 is 5.95. The van der Waals surface area contributed by atoms with Crippen molar-refractivity contribution in [3.05, 3.63) is 41.4 Å². The van der Waals surface area contributed by atoms with Crippen molar-refractivity contribution in [1.82, 2.24) is 0 Å². The molecule has 1 aliphatic rings. The Labute approximate surface area is 161 Å². The number of fused-ring (bicyclic) bond motifs is 1. The number of hydrogen-bond donors (Lipinski definition) is 1. The Kier molecular flexibility index (Phi) is 5.33. The second-order valence-corrected chi connectivity index (χ2v) is 8.04. The average Bonchev–Trinajstić information content (AvgIpc) is 3.06. The molecule has 0 aliphatic carbocycles. The molecule has 8 nitrogen and oxygen atoms in total. The Bertz CT molecular complexity index is 979. The van der Waals surface area contributed by atoms with Crippen molar-refractivity contribution in [3.63, 3.8) is 0 Å². The number of carbonyl (C=O) groups excluding carboxylic acids is 1. The van der Waals surface area contributed by atoms with Crippen LogP contribution in [-0.2, 0) is 14.8 Å². The van der Waals surface area contributed by atoms with E-state index in [1.165, 1.54) is 19.2 Å². The molecule has 0 aromatic heterocycles. The third-order valence-electron chi connectivity index (χ3n) is 3.77. The van der Waals surface area contributed by atoms with E-state index in [4.69, 9.17) is 25.8 Å². The lowest BCUT2D eigenvalue weighted by molar-refractivity contribution is -0.114. The third-order valence-corrected chi connectivity index (χ3v) is 5.14. The highest BCUT2D eigenvalue weighted by Crippen LogP contribution is 2.36. The van der Waals surface area contributed by atoms with Crippen LogP contribution in [0.2, 0.25) is 5.02 Å². The normalized spacial score (nSPS) is 12.6. The second kappa shape index (κ2) is 7.53. The van der Waals surface area contributed by atoms with Crippen molar-refractivity contribution in [3.8, 4) is 17.2 Å². The zero-order chi connectivity index (χ0) is 19.6. The number of halogens is 1. The first-order valence-corrected chi connectivity index (χ1v) is 10.0. The number of rotatable bonds is 6. The topological polar surface area (TPSA) is 94.2 Å². The summed E-state index contributed by atoms with van der Waals surface area (Å²) in [5.41, 5.74) is 0.629. The van der Waals surface area contributed by atoms with E-state index in [-0.39, 0.29) is 12.5 Å². The maximum absolute atomic E-state index is 12.5. The zero-order valence-corrected chi connectivity index (χ0v) is 16.1. The summed E-state index contributed by atoms with van der Waals surface area (Å²) in [5.74, 6) is 0.777. The predicted molar refractivity (Wildman–Crippen MR) is 101 cm³/mol. The lowest BCUT2D eigenvalue weighted by Crippen LogP contribution is -2.37. The van der Waals surface area contributed by atoms with E-state index in [1.54, 1.807) is 24.3 Å². The molecule has 0 spiro atoms. The van der Waals surface area contributed by atoms with E-state index >= 15 is 0 Å². The van der Waals surface area contributed by atoms with Gasteiger partial charge >= 0.3 is 0 Å². The van der Waals surface area contributed by atoms with Crippen molar-refractivity contribution >= 4 is 38.9 Å². The zero-order valence-electron chi connectivity index (χ0n) is 14.6. The van der Waals surface area contributed by atoms with Crippen LogP contribution in [0.1, 0.15) is 0 Å². The summed E-state index contributed by atoms with van der Waals surface area (Å²) in [6.07, 6.45) is 1.02. The summed E-state index contributed by atoms with van der Waals surface area (Å²) in [6.45, 7) is -0.374. The van der Waals surface area contributed by atoms with Gasteiger partial charge in [-0.25, -0.2) is 8.42 Å². The molecule has 0 atom stereocenters. The minimum Gasteiger partial charge on any atom is -0.495 e. The number of carbonyl (C=O) groups is 1. The molecule has 0 radical (unpaired) electrons. The number of nitrogens with zero attached hydrogens (tertiary/aromatic N) is 1. The Hall–Kier alpha value is -2.65. The van der Waals surface area contributed by atoms with E-state index < -0.39 is 22.5 Å². The number of amides is 1. The molecule has 0 bridgehead atoms. The molecule has 1 aliphatic heterocycles. The van der Waals surface area contributed by atoms with Crippen molar-refractivity contribution in [1.29, 1.82) is 0 Å². The lowest BCUT2D eigenvalue weighted by Gasteiger charge is -2.22. The Morgan fingerprint density at radius 2 is 1.96 bits per heavy atom. The third kappa shape index (κ3) is 4.37. The first-order valence-electron chi connectivity index (χ1n) is 7.78. The van der Waals surface area contributed by atoms with E-state index in [0.29, 0.717) is 28.0 Å². The monoisotopic (exact) mass is 412 g/mol. The van der Waals surface area contributed by atoms with Crippen molar-refractivity contribution < 1.29 is 27.4 Å². The maximum Gasteiger partial charge on any atom is 0.245 e. The van der Waals surface area contributed by atoms with Crippen molar-refractivity contribution in [2.24, 2.45) is 0 Å². The molecule has 0 saturated carbocycles. The Balaban J connectivity index is 1.83. The van der Waals surface area contributed by atoms with Gasteiger partial charge in [-0.05, 0) is 30.3 Å². The summed E-state index contributed by atoms with van der Waals surface area (Å²) in [6, 6.07) is 9.38. The van der Waals surface area contributed by atoms with Crippen LogP contribution in [-0.4, -0.2) is 41.0 Å². The fourth-order valence-corrected chi connectivity index (χ4v) is 3.56. The van der Waals surface area contributed by atoms with Crippen molar-refractivity contribution in [2.75, 3.05) is 36.3 Å². The Morgan fingerprint density at radius 1 is 1.22 bits per heavy atom. The fraction of sp³-hybridized carbons (Fsp3) is 0.235. The maximum atomic E-state index is 12.5. The van der Waals surface area contributed by atoms with Gasteiger partial charge in [0.25, 0.3) is 0 Å². The van der Waals surface area contributed by atoms with Gasteiger partial charge < -0.3 is 19.5 Å². The number of sulfonamides is 1. The van der Waals surface area contributed by atoms with Crippen molar-refractivity contribution in [2.45, 2.75) is 0 Å². The van der Waals surface area contributed by atoms with Gasteiger partial charge in [0.1, 0.15) is 12.3 Å². The number of ether oxygens (including phenoxy) is 3. The highest BCUT2D eigenvalue weighted by molar-refractivity contribution is 7.92. The minimum atomic E-state index is -3.73. The first-order chi connectivity index (χ1) is 12.8. The molecule has 1 amide bonds. The highest BCUT2D eigenvalue weighted by Gasteiger charge is 2.24. The van der Waals surface area contributed by atoms with Crippen LogP contribution in [0, 0.1) is 0 Å². The molecule has 0 fully saturated rings. The predicted octanol–water partition coefficient (Wildman–Crippen LogP) is 2.48. The van der Waals surface area contributed by atoms with E-state index in [2.05, 4.69) is 5.32 Å². The molecule has 10 heteroatoms. The van der Waals surface area contributed by atoms with Gasteiger partial charge in [0, 0.05) is 11.1 Å². The molecule has 144 valence electrons. The van der Waals surface area contributed by atoms with Gasteiger partial charge in [-0.1, -0.05) is 11.6 Å². The number of anilines is 2. The van der Waals surface area contributed by atoms with Gasteiger partial charge in [-0.3, -0.25) is 9.10 Å². The second-order valence-electron chi connectivity index (χ2n) is 5.70. The largest absolute Gasteiger partial charge is 0.495 e. The van der Waals surface area contributed by atoms with Crippen LogP contribution in [0.4, 0.5) is 11.4 Å². The lowest BCUT2D eigenvalue weighted by atomic mass is 10.2. The molecule has 1 N–H and O–H groups in total. The van der Waals surface area contributed by atoms with Gasteiger partial charge in [0.15, 0.2) is 11.5 Å². The molecule has 2 aromatic carbocycles. The van der Waals surface area contributed by atoms with Crippen LogP contribution in [0.5, 0.6) is 17.2 Å². The van der Waals surface area contributed by atoms with E-state index in [9.17, 15) is 13.2 Å². The van der Waals surface area contributed by atoms with E-state index in [1.807, 2.05) is 0 Å². The summed E-state index contributed by atoms with van der Waals surface area (Å²) in [5, 5.41) is 3.02. The number of nitrogens with one attached hydrogen (secondary N) is 1. The van der Waals surface area contributed by atoms with Gasteiger partial charge in [-0.2, -0.15) is 0 Å². The Morgan fingerprint density at radius 3 is 2.67 bits per heavy atom. The molecule has 3 rings (SSSR count). The SMILES string of the molecule is COc1ccc(Cl)cc1NC(=O)CN(c1ccc2c(c1)OCO2)S(C)(=O)=O.